The standard InChI is InChI=1S/C27H53NO9/c1-6-7-8-9-10-11-12-25(29)36-24-23-35-22-21-34-20-19-33-18-17-32-16-15-31-14-13-28(5)26(30)37-27(2,3)4/h6-24H2,1-5H3. The molecule has 0 aromatic rings. The average Bonchev–Trinajstić information content (AvgIpc) is 2.84. The highest BCUT2D eigenvalue weighted by Crippen LogP contribution is 2.09. The van der Waals surface area contributed by atoms with E-state index in [0.29, 0.717) is 79.0 Å². The first-order chi connectivity index (χ1) is 17.8. The van der Waals surface area contributed by atoms with Crippen molar-refractivity contribution in [2.75, 3.05) is 86.3 Å². The molecular formula is C27H53NO9. The molecule has 0 saturated heterocycles. The van der Waals surface area contributed by atoms with E-state index in [0.717, 1.165) is 12.8 Å². The molecule has 10 heteroatoms. The first kappa shape index (κ1) is 35.5. The largest absolute Gasteiger partial charge is 0.463 e. The number of hydrogen-bond acceptors (Lipinski definition) is 9. The van der Waals surface area contributed by atoms with Crippen LogP contribution in [0.2, 0.25) is 0 Å². The van der Waals surface area contributed by atoms with Crippen molar-refractivity contribution >= 4 is 12.1 Å². The van der Waals surface area contributed by atoms with Gasteiger partial charge in [-0.25, -0.2) is 4.79 Å². The quantitative estimate of drug-likeness (QED) is 0.125. The highest BCUT2D eigenvalue weighted by atomic mass is 16.6. The Kier molecular flexibility index (Phi) is 23.9. The maximum absolute atomic E-state index is 11.8. The van der Waals surface area contributed by atoms with Gasteiger partial charge in [-0.15, -0.1) is 0 Å². The van der Waals surface area contributed by atoms with Crippen molar-refractivity contribution in [1.82, 2.24) is 4.90 Å². The summed E-state index contributed by atoms with van der Waals surface area (Å²) in [4.78, 5) is 24.9. The normalized spacial score (nSPS) is 11.5. The number of likely N-dealkylation sites (N-methyl/N-ethyl adjacent to an activating group) is 1. The molecule has 0 aliphatic heterocycles. The minimum atomic E-state index is -0.506. The minimum Gasteiger partial charge on any atom is -0.463 e. The molecule has 220 valence electrons. The summed E-state index contributed by atoms with van der Waals surface area (Å²) in [6, 6.07) is 0. The van der Waals surface area contributed by atoms with Crippen LogP contribution in [-0.4, -0.2) is 109 Å². The van der Waals surface area contributed by atoms with Crippen LogP contribution < -0.4 is 0 Å². The van der Waals surface area contributed by atoms with Gasteiger partial charge in [-0.2, -0.15) is 0 Å². The van der Waals surface area contributed by atoms with E-state index in [2.05, 4.69) is 6.92 Å². The summed E-state index contributed by atoms with van der Waals surface area (Å²) in [5, 5.41) is 0. The third-order valence-corrected chi connectivity index (χ3v) is 4.99. The lowest BCUT2D eigenvalue weighted by atomic mass is 10.1. The predicted molar refractivity (Wildman–Crippen MR) is 142 cm³/mol. The fourth-order valence-electron chi connectivity index (χ4n) is 2.95. The summed E-state index contributed by atoms with van der Waals surface area (Å²) in [6.45, 7) is 13.0. The molecule has 0 radical (unpaired) electrons. The smallest absolute Gasteiger partial charge is 0.410 e. The summed E-state index contributed by atoms with van der Waals surface area (Å²) < 4.78 is 37.6. The molecule has 37 heavy (non-hydrogen) atoms. The van der Waals surface area contributed by atoms with E-state index in [1.54, 1.807) is 7.05 Å². The Hall–Kier alpha value is -1.46. The molecule has 0 bridgehead atoms. The van der Waals surface area contributed by atoms with Gasteiger partial charge in [-0.1, -0.05) is 39.0 Å². The molecule has 0 heterocycles. The zero-order valence-corrected chi connectivity index (χ0v) is 24.1. The number of unbranched alkanes of at least 4 members (excludes halogenated alkanes) is 5. The van der Waals surface area contributed by atoms with Crippen LogP contribution in [0.5, 0.6) is 0 Å². The lowest BCUT2D eigenvalue weighted by Crippen LogP contribution is -2.36. The van der Waals surface area contributed by atoms with Crippen LogP contribution in [0, 0.1) is 0 Å². The van der Waals surface area contributed by atoms with E-state index in [1.165, 1.54) is 30.6 Å². The van der Waals surface area contributed by atoms with E-state index in [4.69, 9.17) is 33.2 Å². The van der Waals surface area contributed by atoms with Gasteiger partial charge >= 0.3 is 12.1 Å². The van der Waals surface area contributed by atoms with Crippen LogP contribution >= 0.6 is 0 Å². The Morgan fingerprint density at radius 1 is 0.622 bits per heavy atom. The van der Waals surface area contributed by atoms with Crippen molar-refractivity contribution in [2.24, 2.45) is 0 Å². The molecule has 0 aliphatic rings. The Morgan fingerprint density at radius 3 is 1.54 bits per heavy atom. The lowest BCUT2D eigenvalue weighted by molar-refractivity contribution is -0.145. The maximum Gasteiger partial charge on any atom is 0.410 e. The number of esters is 1. The number of amides is 1. The second kappa shape index (κ2) is 24.9. The molecule has 0 fully saturated rings. The van der Waals surface area contributed by atoms with Gasteiger partial charge in [0.25, 0.3) is 0 Å². The number of carbonyl (C=O) groups excluding carboxylic acids is 2. The topological polar surface area (TPSA) is 102 Å². The van der Waals surface area contributed by atoms with Crippen molar-refractivity contribution in [3.05, 3.63) is 0 Å². The summed E-state index contributed by atoms with van der Waals surface area (Å²) in [5.74, 6) is -0.146. The molecule has 0 atom stereocenters. The van der Waals surface area contributed by atoms with Gasteiger partial charge in [0, 0.05) is 20.0 Å². The third kappa shape index (κ3) is 27.4. The Bertz CT molecular complexity index is 540. The molecule has 0 N–H and O–H groups in total. The molecule has 0 aliphatic carbocycles. The Morgan fingerprint density at radius 2 is 1.05 bits per heavy atom. The van der Waals surface area contributed by atoms with Gasteiger partial charge in [0.1, 0.15) is 12.2 Å². The zero-order valence-electron chi connectivity index (χ0n) is 24.1. The molecule has 0 saturated carbocycles. The number of hydrogen-bond donors (Lipinski definition) is 0. The molecule has 0 unspecified atom stereocenters. The van der Waals surface area contributed by atoms with Gasteiger partial charge in [0.05, 0.1) is 66.1 Å². The maximum atomic E-state index is 11.8. The van der Waals surface area contributed by atoms with Crippen LogP contribution in [0.3, 0.4) is 0 Å². The molecule has 0 spiro atoms. The summed E-state index contributed by atoms with van der Waals surface area (Å²) >= 11 is 0. The van der Waals surface area contributed by atoms with E-state index < -0.39 is 5.60 Å². The van der Waals surface area contributed by atoms with Gasteiger partial charge in [-0.3, -0.25) is 4.79 Å². The third-order valence-electron chi connectivity index (χ3n) is 4.99. The predicted octanol–water partition coefficient (Wildman–Crippen LogP) is 4.23. The first-order valence-corrected chi connectivity index (χ1v) is 13.7. The van der Waals surface area contributed by atoms with Crippen molar-refractivity contribution in [2.45, 2.75) is 78.2 Å². The molecule has 0 aromatic heterocycles. The van der Waals surface area contributed by atoms with E-state index in [9.17, 15) is 9.59 Å². The summed E-state index contributed by atoms with van der Waals surface area (Å²) in [5.41, 5.74) is -0.506. The second-order valence-electron chi connectivity index (χ2n) is 9.70. The fraction of sp³-hybridized carbons (Fsp3) is 0.926. The van der Waals surface area contributed by atoms with Crippen molar-refractivity contribution < 1.29 is 42.7 Å². The number of ether oxygens (including phenoxy) is 7. The van der Waals surface area contributed by atoms with Crippen LogP contribution in [-0.2, 0) is 38.0 Å². The highest BCUT2D eigenvalue weighted by molar-refractivity contribution is 5.69. The molecule has 0 aromatic carbocycles. The van der Waals surface area contributed by atoms with Gasteiger partial charge in [-0.05, 0) is 27.2 Å². The highest BCUT2D eigenvalue weighted by Gasteiger charge is 2.19. The van der Waals surface area contributed by atoms with Crippen molar-refractivity contribution in [1.29, 1.82) is 0 Å². The Balaban J connectivity index is 3.26. The molecule has 1 amide bonds. The first-order valence-electron chi connectivity index (χ1n) is 13.7. The fourth-order valence-corrected chi connectivity index (χ4v) is 2.95. The number of rotatable bonds is 25. The monoisotopic (exact) mass is 535 g/mol. The zero-order chi connectivity index (χ0) is 27.6. The number of nitrogens with zero attached hydrogens (tertiary/aromatic N) is 1. The van der Waals surface area contributed by atoms with Gasteiger partial charge < -0.3 is 38.1 Å². The summed E-state index contributed by atoms with van der Waals surface area (Å²) in [6.07, 6.45) is 7.06. The summed E-state index contributed by atoms with van der Waals surface area (Å²) in [7, 11) is 1.68. The minimum absolute atomic E-state index is 0.146. The SMILES string of the molecule is CCCCCCCCC(=O)OCCOCCOCCOCCOCCOCCN(C)C(=O)OC(C)(C)C. The van der Waals surface area contributed by atoms with E-state index in [1.807, 2.05) is 20.8 Å². The van der Waals surface area contributed by atoms with Crippen LogP contribution in [0.4, 0.5) is 4.79 Å². The number of carbonyl (C=O) groups is 2. The van der Waals surface area contributed by atoms with Crippen LogP contribution in [0.15, 0.2) is 0 Å². The second-order valence-corrected chi connectivity index (χ2v) is 9.70. The van der Waals surface area contributed by atoms with Gasteiger partial charge in [0.2, 0.25) is 0 Å². The Labute approximate surface area is 224 Å². The lowest BCUT2D eigenvalue weighted by Gasteiger charge is -2.24. The molecular weight excluding hydrogens is 482 g/mol. The van der Waals surface area contributed by atoms with Crippen molar-refractivity contribution in [3.63, 3.8) is 0 Å². The van der Waals surface area contributed by atoms with E-state index >= 15 is 0 Å². The molecule has 0 rings (SSSR count). The molecule has 10 nitrogen and oxygen atoms in total. The van der Waals surface area contributed by atoms with Gasteiger partial charge in [0.15, 0.2) is 0 Å². The van der Waals surface area contributed by atoms with E-state index in [-0.39, 0.29) is 18.7 Å². The average molecular weight is 536 g/mol. The van der Waals surface area contributed by atoms with Crippen LogP contribution in [0.1, 0.15) is 72.6 Å². The van der Waals surface area contributed by atoms with Crippen LogP contribution in [0.25, 0.3) is 0 Å². The van der Waals surface area contributed by atoms with Crippen molar-refractivity contribution in [3.8, 4) is 0 Å².